The van der Waals surface area contributed by atoms with Crippen LogP contribution in [0.1, 0.15) is 17.3 Å². The van der Waals surface area contributed by atoms with E-state index in [-0.39, 0.29) is 17.4 Å². The Kier molecular flexibility index (Phi) is 4.39. The number of amides is 2. The molecule has 0 unspecified atom stereocenters. The summed E-state index contributed by atoms with van der Waals surface area (Å²) in [6.07, 6.45) is 1.32. The summed E-state index contributed by atoms with van der Waals surface area (Å²) in [6, 6.07) is 7.41. The molecule has 1 aromatic carbocycles. The highest BCUT2D eigenvalue weighted by molar-refractivity contribution is 6.34. The molecule has 2 aromatic rings. The van der Waals surface area contributed by atoms with Crippen molar-refractivity contribution in [3.05, 3.63) is 57.5 Å². The molecule has 1 heterocycles. The average Bonchev–Trinajstić information content (AvgIpc) is 2.42. The molecule has 6 nitrogen and oxygen atoms in total. The van der Waals surface area contributed by atoms with Gasteiger partial charge in [-0.1, -0.05) is 11.6 Å². The van der Waals surface area contributed by atoms with E-state index >= 15 is 0 Å². The lowest BCUT2D eigenvalue weighted by molar-refractivity contribution is -0.114. The Morgan fingerprint density at radius 1 is 1.14 bits per heavy atom. The fraction of sp³-hybridized carbons (Fsp3) is 0.0714. The van der Waals surface area contributed by atoms with Gasteiger partial charge in [-0.3, -0.25) is 14.4 Å². The molecule has 0 radical (unpaired) electrons. The first-order valence-electron chi connectivity index (χ1n) is 6.03. The minimum atomic E-state index is -0.380. The van der Waals surface area contributed by atoms with Crippen LogP contribution >= 0.6 is 11.6 Å². The zero-order valence-electron chi connectivity index (χ0n) is 11.1. The highest BCUT2D eigenvalue weighted by Gasteiger charge is 2.08. The second-order valence-corrected chi connectivity index (χ2v) is 4.68. The zero-order valence-corrected chi connectivity index (χ0v) is 11.8. The van der Waals surface area contributed by atoms with Gasteiger partial charge in [0.05, 0.1) is 16.3 Å². The van der Waals surface area contributed by atoms with Gasteiger partial charge in [-0.2, -0.15) is 0 Å². The minimum Gasteiger partial charge on any atom is -0.328 e. The molecule has 3 N–H and O–H groups in total. The van der Waals surface area contributed by atoms with E-state index in [1.165, 1.54) is 31.3 Å². The summed E-state index contributed by atoms with van der Waals surface area (Å²) < 4.78 is 0. The summed E-state index contributed by atoms with van der Waals surface area (Å²) in [7, 11) is 0. The van der Waals surface area contributed by atoms with Crippen molar-refractivity contribution in [2.24, 2.45) is 0 Å². The maximum atomic E-state index is 12.0. The second-order valence-electron chi connectivity index (χ2n) is 4.27. The number of hydrogen-bond donors (Lipinski definition) is 3. The number of nitrogens with one attached hydrogen (secondary N) is 3. The molecule has 0 aliphatic carbocycles. The van der Waals surface area contributed by atoms with Crippen LogP contribution in [0.25, 0.3) is 0 Å². The predicted molar refractivity (Wildman–Crippen MR) is 80.8 cm³/mol. The van der Waals surface area contributed by atoms with Gasteiger partial charge >= 0.3 is 0 Å². The Morgan fingerprint density at radius 3 is 2.48 bits per heavy atom. The van der Waals surface area contributed by atoms with Gasteiger partial charge in [-0.15, -0.1) is 0 Å². The van der Waals surface area contributed by atoms with Crippen molar-refractivity contribution in [2.75, 3.05) is 10.6 Å². The van der Waals surface area contributed by atoms with Gasteiger partial charge in [0.2, 0.25) is 11.5 Å². The molecule has 0 saturated heterocycles. The Morgan fingerprint density at radius 2 is 1.90 bits per heavy atom. The number of rotatable bonds is 3. The standard InChI is InChI=1S/C14H12ClN3O3/c1-8(19)17-12-4-3-10(6-11(12)15)18-14(21)9-2-5-13(20)16-7-9/h2-7H,1H3,(H,16,20)(H,17,19)(H,18,21). The van der Waals surface area contributed by atoms with E-state index in [2.05, 4.69) is 15.6 Å². The van der Waals surface area contributed by atoms with Crippen molar-refractivity contribution in [1.82, 2.24) is 4.98 Å². The van der Waals surface area contributed by atoms with E-state index in [9.17, 15) is 14.4 Å². The molecule has 0 spiro atoms. The van der Waals surface area contributed by atoms with Gasteiger partial charge in [0.1, 0.15) is 0 Å². The first-order valence-corrected chi connectivity index (χ1v) is 6.41. The fourth-order valence-electron chi connectivity index (χ4n) is 1.64. The van der Waals surface area contributed by atoms with Crippen molar-refractivity contribution in [3.63, 3.8) is 0 Å². The number of carbonyl (C=O) groups excluding carboxylic acids is 2. The molecule has 21 heavy (non-hydrogen) atoms. The van der Waals surface area contributed by atoms with Crippen molar-refractivity contribution >= 4 is 34.8 Å². The third-order valence-electron chi connectivity index (χ3n) is 2.58. The van der Waals surface area contributed by atoms with Crippen molar-refractivity contribution in [3.8, 4) is 0 Å². The van der Waals surface area contributed by atoms with Gasteiger partial charge in [0.25, 0.3) is 5.91 Å². The van der Waals surface area contributed by atoms with Crippen molar-refractivity contribution in [1.29, 1.82) is 0 Å². The Hall–Kier alpha value is -2.60. The number of halogens is 1. The maximum absolute atomic E-state index is 12.0. The summed E-state index contributed by atoms with van der Waals surface area (Å²) in [6.45, 7) is 1.38. The molecule has 0 atom stereocenters. The average molecular weight is 306 g/mol. The lowest BCUT2D eigenvalue weighted by atomic mass is 10.2. The SMILES string of the molecule is CC(=O)Nc1ccc(NC(=O)c2ccc(=O)[nH]c2)cc1Cl. The third-order valence-corrected chi connectivity index (χ3v) is 2.90. The molecule has 1 aromatic heterocycles. The van der Waals surface area contributed by atoms with Crippen LogP contribution in [0.15, 0.2) is 41.3 Å². The summed E-state index contributed by atoms with van der Waals surface area (Å²) in [5.41, 5.74) is 0.974. The Balaban J connectivity index is 2.14. The summed E-state index contributed by atoms with van der Waals surface area (Å²) in [5, 5.41) is 5.52. The van der Waals surface area contributed by atoms with Gasteiger partial charge in [-0.25, -0.2) is 0 Å². The normalized spacial score (nSPS) is 10.0. The molecule has 2 amide bonds. The van der Waals surface area contributed by atoms with E-state index in [0.717, 1.165) is 0 Å². The molecular formula is C14H12ClN3O3. The number of aromatic nitrogens is 1. The van der Waals surface area contributed by atoms with Crippen LogP contribution in [0.2, 0.25) is 5.02 Å². The van der Waals surface area contributed by atoms with Crippen LogP contribution in [-0.4, -0.2) is 16.8 Å². The van der Waals surface area contributed by atoms with E-state index < -0.39 is 0 Å². The molecule has 0 bridgehead atoms. The van der Waals surface area contributed by atoms with Gasteiger partial charge in [0.15, 0.2) is 0 Å². The number of pyridine rings is 1. The van der Waals surface area contributed by atoms with Crippen LogP contribution < -0.4 is 16.2 Å². The molecule has 0 fully saturated rings. The van der Waals surface area contributed by atoms with Gasteiger partial charge in [-0.05, 0) is 24.3 Å². The highest BCUT2D eigenvalue weighted by Crippen LogP contribution is 2.25. The van der Waals surface area contributed by atoms with Gasteiger partial charge in [0, 0.05) is 24.9 Å². The first kappa shape index (κ1) is 14.8. The number of carbonyl (C=O) groups is 2. The molecule has 2 rings (SSSR count). The van der Waals surface area contributed by atoms with Gasteiger partial charge < -0.3 is 15.6 Å². The minimum absolute atomic E-state index is 0.234. The monoisotopic (exact) mass is 305 g/mol. The lowest BCUT2D eigenvalue weighted by Gasteiger charge is -2.09. The Labute approximate surface area is 125 Å². The van der Waals surface area contributed by atoms with E-state index in [1.807, 2.05) is 0 Å². The van der Waals surface area contributed by atoms with Crippen molar-refractivity contribution in [2.45, 2.75) is 6.92 Å². The maximum Gasteiger partial charge on any atom is 0.257 e. The number of H-pyrrole nitrogens is 1. The molecule has 0 saturated carbocycles. The first-order chi connectivity index (χ1) is 9.95. The number of anilines is 2. The number of benzene rings is 1. The summed E-state index contributed by atoms with van der Waals surface area (Å²) in [5.74, 6) is -0.614. The molecule has 0 aliphatic heterocycles. The van der Waals surface area contributed by atoms with Crippen LogP contribution in [0.3, 0.4) is 0 Å². The van der Waals surface area contributed by atoms with E-state index in [4.69, 9.17) is 11.6 Å². The van der Waals surface area contributed by atoms with E-state index in [0.29, 0.717) is 22.0 Å². The van der Waals surface area contributed by atoms with E-state index in [1.54, 1.807) is 12.1 Å². The molecule has 0 aliphatic rings. The van der Waals surface area contributed by atoms with Crippen LogP contribution in [0.5, 0.6) is 0 Å². The molecule has 108 valence electrons. The third kappa shape index (κ3) is 3.93. The number of aromatic amines is 1. The molecular weight excluding hydrogens is 294 g/mol. The summed E-state index contributed by atoms with van der Waals surface area (Å²) >= 11 is 6.01. The molecule has 7 heteroatoms. The quantitative estimate of drug-likeness (QED) is 0.812. The smallest absolute Gasteiger partial charge is 0.257 e. The predicted octanol–water partition coefficient (Wildman–Crippen LogP) is 2.24. The van der Waals surface area contributed by atoms with Crippen LogP contribution in [-0.2, 0) is 4.79 Å². The topological polar surface area (TPSA) is 91.1 Å². The van der Waals surface area contributed by atoms with Crippen molar-refractivity contribution < 1.29 is 9.59 Å². The summed E-state index contributed by atoms with van der Waals surface area (Å²) in [4.78, 5) is 36.3. The van der Waals surface area contributed by atoms with Crippen LogP contribution in [0.4, 0.5) is 11.4 Å². The largest absolute Gasteiger partial charge is 0.328 e. The second kappa shape index (κ2) is 6.23. The lowest BCUT2D eigenvalue weighted by Crippen LogP contribution is -2.14. The highest BCUT2D eigenvalue weighted by atomic mass is 35.5. The zero-order chi connectivity index (χ0) is 15.4. The van der Waals surface area contributed by atoms with Crippen LogP contribution in [0, 0.1) is 0 Å². The fourth-order valence-corrected chi connectivity index (χ4v) is 1.87. The number of hydrogen-bond acceptors (Lipinski definition) is 3. The Bertz CT molecular complexity index is 735.